The predicted molar refractivity (Wildman–Crippen MR) is 62.9 cm³/mol. The summed E-state index contributed by atoms with van der Waals surface area (Å²) in [7, 11) is 1.80. The molecule has 5 heteroatoms. The number of halogens is 3. The Morgan fingerprint density at radius 3 is 2.78 bits per heavy atom. The Labute approximate surface area is 102 Å². The topological polar surface area (TPSA) is 27.8 Å². The van der Waals surface area contributed by atoms with Crippen molar-refractivity contribution < 1.29 is 13.2 Å². The van der Waals surface area contributed by atoms with Crippen molar-refractivity contribution >= 4 is 10.9 Å². The Balaban J connectivity index is 2.36. The van der Waals surface area contributed by atoms with Crippen molar-refractivity contribution in [3.05, 3.63) is 34.8 Å². The predicted octanol–water partition coefficient (Wildman–Crippen LogP) is 3.18. The van der Waals surface area contributed by atoms with Gasteiger partial charge in [-0.3, -0.25) is 0 Å². The van der Waals surface area contributed by atoms with Gasteiger partial charge in [0.1, 0.15) is 5.82 Å². The molecule has 0 spiro atoms. The van der Waals surface area contributed by atoms with Gasteiger partial charge in [0, 0.05) is 23.2 Å². The molecular weight excluding hydrogens is 241 g/mol. The molecule has 0 radical (unpaired) electrons. The van der Waals surface area contributed by atoms with Gasteiger partial charge in [-0.25, -0.2) is 13.2 Å². The normalized spacial score (nSPS) is 19.2. The van der Waals surface area contributed by atoms with Gasteiger partial charge in [-0.15, -0.1) is 0 Å². The molecule has 1 aromatic heterocycles. The summed E-state index contributed by atoms with van der Waals surface area (Å²) >= 11 is 0. The molecule has 0 saturated heterocycles. The van der Waals surface area contributed by atoms with E-state index in [1.807, 2.05) is 0 Å². The summed E-state index contributed by atoms with van der Waals surface area (Å²) in [5.74, 6) is -2.83. The van der Waals surface area contributed by atoms with Crippen LogP contribution in [0.2, 0.25) is 0 Å². The monoisotopic (exact) mass is 254 g/mol. The number of rotatable bonds is 1. The fourth-order valence-corrected chi connectivity index (χ4v) is 2.82. The molecule has 1 unspecified atom stereocenters. The zero-order valence-corrected chi connectivity index (χ0v) is 9.91. The molecule has 0 aliphatic heterocycles. The maximum Gasteiger partial charge on any atom is 0.168 e. The third-order valence-electron chi connectivity index (χ3n) is 3.67. The molecule has 0 amide bonds. The van der Waals surface area contributed by atoms with E-state index in [9.17, 15) is 13.2 Å². The van der Waals surface area contributed by atoms with Crippen LogP contribution in [0.15, 0.2) is 6.07 Å². The first-order valence-electron chi connectivity index (χ1n) is 5.98. The number of hydrogen-bond acceptors (Lipinski definition) is 1. The Morgan fingerprint density at radius 1 is 1.28 bits per heavy atom. The molecule has 1 atom stereocenters. The minimum absolute atomic E-state index is 0.0445. The lowest BCUT2D eigenvalue weighted by molar-refractivity contribution is 0.487. The lowest BCUT2D eigenvalue weighted by Crippen LogP contribution is -2.21. The summed E-state index contributed by atoms with van der Waals surface area (Å²) in [5, 5.41) is 3.18. The van der Waals surface area contributed by atoms with Crippen LogP contribution < -0.4 is 5.32 Å². The van der Waals surface area contributed by atoms with Gasteiger partial charge >= 0.3 is 0 Å². The summed E-state index contributed by atoms with van der Waals surface area (Å²) in [4.78, 5) is 2.91. The summed E-state index contributed by atoms with van der Waals surface area (Å²) in [6.45, 7) is 0. The molecule has 1 aromatic carbocycles. The number of aryl methyl sites for hydroxylation is 1. The van der Waals surface area contributed by atoms with Crippen LogP contribution in [0.5, 0.6) is 0 Å². The van der Waals surface area contributed by atoms with E-state index in [0.29, 0.717) is 18.1 Å². The first kappa shape index (κ1) is 11.6. The van der Waals surface area contributed by atoms with Crippen LogP contribution in [0.3, 0.4) is 0 Å². The van der Waals surface area contributed by atoms with Crippen molar-refractivity contribution in [2.45, 2.75) is 25.3 Å². The van der Waals surface area contributed by atoms with Crippen LogP contribution in [0, 0.1) is 17.5 Å². The van der Waals surface area contributed by atoms with E-state index in [4.69, 9.17) is 0 Å². The fraction of sp³-hybridized carbons (Fsp3) is 0.385. The van der Waals surface area contributed by atoms with Gasteiger partial charge < -0.3 is 10.3 Å². The second-order valence-electron chi connectivity index (χ2n) is 4.65. The molecule has 1 aliphatic rings. The maximum atomic E-state index is 13.8. The number of nitrogens with one attached hydrogen (secondary N) is 2. The SMILES string of the molecule is CNC1CCCc2c1[nH]c1c(F)cc(F)c(F)c21. The number of benzene rings is 1. The van der Waals surface area contributed by atoms with E-state index >= 15 is 0 Å². The maximum absolute atomic E-state index is 13.8. The van der Waals surface area contributed by atoms with E-state index in [2.05, 4.69) is 10.3 Å². The zero-order valence-electron chi connectivity index (χ0n) is 9.91. The number of aromatic amines is 1. The molecule has 0 fully saturated rings. The number of aromatic nitrogens is 1. The Morgan fingerprint density at radius 2 is 2.06 bits per heavy atom. The standard InChI is InChI=1S/C13H13F3N2/c1-17-9-4-2-3-6-10-11(16)7(14)5-8(15)13(10)18-12(6)9/h5,9,17-18H,2-4H2,1H3. The molecule has 1 aliphatic carbocycles. The van der Waals surface area contributed by atoms with E-state index in [-0.39, 0.29) is 16.9 Å². The molecule has 18 heavy (non-hydrogen) atoms. The molecule has 0 saturated carbocycles. The lowest BCUT2D eigenvalue weighted by atomic mass is 9.91. The fourth-order valence-electron chi connectivity index (χ4n) is 2.82. The van der Waals surface area contributed by atoms with Crippen molar-refractivity contribution in [2.75, 3.05) is 7.05 Å². The van der Waals surface area contributed by atoms with Crippen LogP contribution in [0.25, 0.3) is 10.9 Å². The van der Waals surface area contributed by atoms with Crippen molar-refractivity contribution in [1.29, 1.82) is 0 Å². The highest BCUT2D eigenvalue weighted by Gasteiger charge is 2.27. The van der Waals surface area contributed by atoms with Crippen molar-refractivity contribution in [3.8, 4) is 0 Å². The Hall–Kier alpha value is -1.49. The molecule has 2 nitrogen and oxygen atoms in total. The van der Waals surface area contributed by atoms with Crippen molar-refractivity contribution in [1.82, 2.24) is 10.3 Å². The number of hydrogen-bond donors (Lipinski definition) is 2. The number of H-pyrrole nitrogens is 1. The lowest BCUT2D eigenvalue weighted by Gasteiger charge is -2.21. The number of fused-ring (bicyclic) bond motifs is 3. The molecule has 96 valence electrons. The quantitative estimate of drug-likeness (QED) is 0.751. The van der Waals surface area contributed by atoms with Gasteiger partial charge in [0.2, 0.25) is 0 Å². The highest BCUT2D eigenvalue weighted by Crippen LogP contribution is 2.37. The van der Waals surface area contributed by atoms with E-state index in [1.165, 1.54) is 0 Å². The zero-order chi connectivity index (χ0) is 12.9. The summed E-state index contributed by atoms with van der Waals surface area (Å²) in [5.41, 5.74) is 1.55. The Bertz CT molecular complexity index is 618. The molecule has 1 heterocycles. The van der Waals surface area contributed by atoms with Gasteiger partial charge in [0.15, 0.2) is 11.6 Å². The van der Waals surface area contributed by atoms with Crippen LogP contribution in [0.1, 0.15) is 30.1 Å². The minimum Gasteiger partial charge on any atom is -0.354 e. The molecule has 0 bridgehead atoms. The van der Waals surface area contributed by atoms with Gasteiger partial charge in [-0.05, 0) is 31.9 Å². The van der Waals surface area contributed by atoms with Gasteiger partial charge in [0.05, 0.1) is 5.52 Å². The molecular formula is C13H13F3N2. The summed E-state index contributed by atoms with van der Waals surface area (Å²) in [6.07, 6.45) is 2.43. The second kappa shape index (κ2) is 4.02. The van der Waals surface area contributed by atoms with E-state index in [1.54, 1.807) is 7.05 Å². The second-order valence-corrected chi connectivity index (χ2v) is 4.65. The summed E-state index contributed by atoms with van der Waals surface area (Å²) in [6, 6.07) is 0.636. The van der Waals surface area contributed by atoms with Crippen LogP contribution in [-0.2, 0) is 6.42 Å². The average Bonchev–Trinajstić information content (AvgIpc) is 2.75. The smallest absolute Gasteiger partial charge is 0.168 e. The molecule has 2 aromatic rings. The first-order chi connectivity index (χ1) is 8.63. The van der Waals surface area contributed by atoms with Crippen LogP contribution in [0.4, 0.5) is 13.2 Å². The highest BCUT2D eigenvalue weighted by atomic mass is 19.2. The van der Waals surface area contributed by atoms with Crippen molar-refractivity contribution in [3.63, 3.8) is 0 Å². The molecule has 2 N–H and O–H groups in total. The third-order valence-corrected chi connectivity index (χ3v) is 3.67. The third kappa shape index (κ3) is 1.47. The largest absolute Gasteiger partial charge is 0.354 e. The highest BCUT2D eigenvalue weighted by molar-refractivity contribution is 5.86. The van der Waals surface area contributed by atoms with Crippen molar-refractivity contribution in [2.24, 2.45) is 0 Å². The first-order valence-corrected chi connectivity index (χ1v) is 5.98. The van der Waals surface area contributed by atoms with E-state index < -0.39 is 17.5 Å². The molecule has 3 rings (SSSR count). The van der Waals surface area contributed by atoms with E-state index in [0.717, 1.165) is 18.5 Å². The van der Waals surface area contributed by atoms with Gasteiger partial charge in [-0.2, -0.15) is 0 Å². The van der Waals surface area contributed by atoms with Crippen LogP contribution in [-0.4, -0.2) is 12.0 Å². The van der Waals surface area contributed by atoms with Gasteiger partial charge in [0.25, 0.3) is 0 Å². The summed E-state index contributed by atoms with van der Waals surface area (Å²) < 4.78 is 40.8. The van der Waals surface area contributed by atoms with Crippen LogP contribution >= 0.6 is 0 Å². The van der Waals surface area contributed by atoms with Gasteiger partial charge in [-0.1, -0.05) is 0 Å². The average molecular weight is 254 g/mol. The Kier molecular flexibility index (Phi) is 2.59. The minimum atomic E-state index is -1.13.